The highest BCUT2D eigenvalue weighted by molar-refractivity contribution is 6.32. The monoisotopic (exact) mass is 440 g/mol. The second kappa shape index (κ2) is 9.56. The van der Waals surface area contributed by atoms with E-state index in [2.05, 4.69) is 31.9 Å². The van der Waals surface area contributed by atoms with E-state index in [0.717, 1.165) is 50.1 Å². The molecule has 2 aromatic rings. The molecular weight excluding hydrogens is 412 g/mol. The minimum Gasteiger partial charge on any atom is -0.376 e. The molecule has 0 radical (unpaired) electrons. The Balaban J connectivity index is 2.47. The topological polar surface area (TPSA) is 20.2 Å². The van der Waals surface area contributed by atoms with Crippen LogP contribution in [0.25, 0.3) is 23.3 Å². The first-order chi connectivity index (χ1) is 15.4. The lowest BCUT2D eigenvalue weighted by atomic mass is 9.77. The van der Waals surface area contributed by atoms with Gasteiger partial charge >= 0.3 is 0 Å². The number of aliphatic hydroxyl groups is 1. The van der Waals surface area contributed by atoms with Gasteiger partial charge in [0.1, 0.15) is 5.60 Å². The molecule has 1 nitrogen and oxygen atoms in total. The molecule has 1 aliphatic rings. The first-order valence-corrected chi connectivity index (χ1v) is 11.1. The van der Waals surface area contributed by atoms with Gasteiger partial charge in [-0.05, 0) is 65.8 Å². The normalized spacial score (nSPS) is 21.0. The highest BCUT2D eigenvalue weighted by Crippen LogP contribution is 2.57. The van der Waals surface area contributed by atoms with Gasteiger partial charge in [-0.15, -0.1) is 0 Å². The highest BCUT2D eigenvalue weighted by atomic mass is 35.5. The molecule has 0 amide bonds. The zero-order valence-corrected chi connectivity index (χ0v) is 19.7. The van der Waals surface area contributed by atoms with Crippen molar-refractivity contribution < 1.29 is 5.11 Å². The van der Waals surface area contributed by atoms with Crippen molar-refractivity contribution >= 4 is 34.9 Å². The van der Waals surface area contributed by atoms with E-state index in [1.165, 1.54) is 0 Å². The molecule has 1 atom stereocenters. The molecule has 0 aliphatic heterocycles. The van der Waals surface area contributed by atoms with Gasteiger partial charge in [-0.3, -0.25) is 0 Å². The van der Waals surface area contributed by atoms with Gasteiger partial charge in [-0.2, -0.15) is 0 Å². The zero-order valence-electron chi connectivity index (χ0n) is 19.0. The third-order valence-electron chi connectivity index (χ3n) is 6.02. The van der Waals surface area contributed by atoms with E-state index < -0.39 is 5.60 Å². The third kappa shape index (κ3) is 3.48. The van der Waals surface area contributed by atoms with Gasteiger partial charge < -0.3 is 5.11 Å². The molecule has 0 saturated heterocycles. The third-order valence-corrected chi connectivity index (χ3v) is 6.33. The summed E-state index contributed by atoms with van der Waals surface area (Å²) in [6.07, 6.45) is 13.2. The number of benzene rings is 2. The van der Waals surface area contributed by atoms with Crippen LogP contribution in [0.5, 0.6) is 0 Å². The molecule has 3 rings (SSSR count). The minimum absolute atomic E-state index is 0.527. The molecule has 0 fully saturated rings. The summed E-state index contributed by atoms with van der Waals surface area (Å²) < 4.78 is 0. The summed E-state index contributed by atoms with van der Waals surface area (Å²) in [4.78, 5) is 0. The van der Waals surface area contributed by atoms with Crippen molar-refractivity contribution in [1.82, 2.24) is 0 Å². The number of hydrogen-bond donors (Lipinski definition) is 1. The van der Waals surface area contributed by atoms with Crippen LogP contribution in [-0.4, -0.2) is 5.11 Å². The summed E-state index contributed by atoms with van der Waals surface area (Å²) in [6.45, 7) is 17.8. The number of rotatable bonds is 6. The van der Waals surface area contributed by atoms with Crippen LogP contribution in [0, 0.1) is 0 Å². The van der Waals surface area contributed by atoms with Gasteiger partial charge in [0.05, 0.1) is 0 Å². The maximum absolute atomic E-state index is 12.6. The summed E-state index contributed by atoms with van der Waals surface area (Å²) in [7, 11) is 0. The van der Waals surface area contributed by atoms with Crippen LogP contribution in [-0.2, 0) is 5.60 Å². The number of hydrogen-bond acceptors (Lipinski definition) is 1. The van der Waals surface area contributed by atoms with Crippen molar-refractivity contribution in [3.05, 3.63) is 131 Å². The molecule has 1 aliphatic carbocycles. The lowest BCUT2D eigenvalue weighted by Crippen LogP contribution is -2.28. The van der Waals surface area contributed by atoms with Crippen LogP contribution in [0.1, 0.15) is 48.6 Å². The predicted octanol–water partition coefficient (Wildman–Crippen LogP) is 8.39. The molecule has 0 saturated carbocycles. The fourth-order valence-corrected chi connectivity index (χ4v) is 5.04. The van der Waals surface area contributed by atoms with Crippen molar-refractivity contribution in [3.8, 4) is 0 Å². The summed E-state index contributed by atoms with van der Waals surface area (Å²) in [5, 5.41) is 13.1. The average molecular weight is 441 g/mol. The molecular formula is C30H29ClO. The summed E-state index contributed by atoms with van der Waals surface area (Å²) in [5.74, 6) is 0. The number of allylic oxidation sites excluding steroid dienone is 5. The minimum atomic E-state index is -1.40. The molecule has 2 aromatic carbocycles. The van der Waals surface area contributed by atoms with Gasteiger partial charge in [0.15, 0.2) is 0 Å². The Hall–Kier alpha value is -3.13. The standard InChI is InChI=1S/C30H29ClO/c1-7-16-24-26(12-6)30(32,25(11-5)21(8-2)20-17-14-13-15-18-20)27-19-28(31)22(9-3)23(10-4)29(24)27/h7-19,32H,1,3-4H2,2,5-6H3/b21-8-,24-16+,25-11+,26-12+. The van der Waals surface area contributed by atoms with Gasteiger partial charge in [-0.1, -0.05) is 104 Å². The van der Waals surface area contributed by atoms with E-state index in [4.69, 9.17) is 11.6 Å². The number of fused-ring (bicyclic) bond motifs is 1. The predicted molar refractivity (Wildman–Crippen MR) is 141 cm³/mol. The molecule has 1 unspecified atom stereocenters. The largest absolute Gasteiger partial charge is 0.376 e. The van der Waals surface area contributed by atoms with Gasteiger partial charge in [0, 0.05) is 16.1 Å². The smallest absolute Gasteiger partial charge is 0.141 e. The Morgan fingerprint density at radius 2 is 1.62 bits per heavy atom. The van der Waals surface area contributed by atoms with Crippen LogP contribution < -0.4 is 0 Å². The Bertz CT molecular complexity index is 1210. The quantitative estimate of drug-likeness (QED) is 0.447. The Morgan fingerprint density at radius 3 is 2.12 bits per heavy atom. The maximum Gasteiger partial charge on any atom is 0.141 e. The van der Waals surface area contributed by atoms with E-state index in [1.54, 1.807) is 18.2 Å². The van der Waals surface area contributed by atoms with Crippen molar-refractivity contribution in [2.75, 3.05) is 0 Å². The van der Waals surface area contributed by atoms with E-state index >= 15 is 0 Å². The van der Waals surface area contributed by atoms with Crippen LogP contribution >= 0.6 is 11.6 Å². The fourth-order valence-electron chi connectivity index (χ4n) is 4.75. The zero-order chi connectivity index (χ0) is 23.5. The highest BCUT2D eigenvalue weighted by Gasteiger charge is 2.48. The molecule has 0 heterocycles. The molecule has 0 bridgehead atoms. The molecule has 0 aromatic heterocycles. The Kier molecular flexibility index (Phi) is 7.03. The lowest BCUT2D eigenvalue weighted by Gasteiger charge is -2.31. The molecule has 162 valence electrons. The van der Waals surface area contributed by atoms with Crippen LogP contribution in [0.4, 0.5) is 0 Å². The van der Waals surface area contributed by atoms with E-state index in [9.17, 15) is 5.11 Å². The van der Waals surface area contributed by atoms with Crippen molar-refractivity contribution in [1.29, 1.82) is 0 Å². The molecule has 1 N–H and O–H groups in total. The summed E-state index contributed by atoms with van der Waals surface area (Å²) in [5.41, 5.74) is 6.36. The van der Waals surface area contributed by atoms with E-state index in [-0.39, 0.29) is 0 Å². The average Bonchev–Trinajstić information content (AvgIpc) is 3.04. The molecule has 0 spiro atoms. The summed E-state index contributed by atoms with van der Waals surface area (Å²) >= 11 is 6.69. The maximum atomic E-state index is 12.6. The molecule has 32 heavy (non-hydrogen) atoms. The van der Waals surface area contributed by atoms with Crippen LogP contribution in [0.3, 0.4) is 0 Å². The van der Waals surface area contributed by atoms with Gasteiger partial charge in [0.2, 0.25) is 0 Å². The van der Waals surface area contributed by atoms with Crippen LogP contribution in [0.15, 0.2) is 97.7 Å². The van der Waals surface area contributed by atoms with Crippen molar-refractivity contribution in [3.63, 3.8) is 0 Å². The van der Waals surface area contributed by atoms with E-state index in [0.29, 0.717) is 5.02 Å². The lowest BCUT2D eigenvalue weighted by molar-refractivity contribution is 0.131. The summed E-state index contributed by atoms with van der Waals surface area (Å²) in [6, 6.07) is 12.0. The molecule has 2 heteroatoms. The SMILES string of the molecule is C=C/C=C1\C(=C/C)C(O)(C(=C/C)/C(=C\C)c2ccccc2)c2cc(Cl)c(C=C)c(C=C)c21. The van der Waals surface area contributed by atoms with E-state index in [1.807, 2.05) is 69.3 Å². The van der Waals surface area contributed by atoms with Gasteiger partial charge in [-0.25, -0.2) is 0 Å². The first-order valence-electron chi connectivity index (χ1n) is 10.7. The Labute approximate surface area is 196 Å². The van der Waals surface area contributed by atoms with Crippen molar-refractivity contribution in [2.24, 2.45) is 0 Å². The van der Waals surface area contributed by atoms with Crippen LogP contribution in [0.2, 0.25) is 5.02 Å². The second-order valence-electron chi connectivity index (χ2n) is 7.52. The second-order valence-corrected chi connectivity index (χ2v) is 7.92. The van der Waals surface area contributed by atoms with Crippen molar-refractivity contribution in [2.45, 2.75) is 26.4 Å². The first kappa shape index (κ1) is 23.5. The Morgan fingerprint density at radius 1 is 0.969 bits per heavy atom. The number of halogens is 1. The van der Waals surface area contributed by atoms with Gasteiger partial charge in [0.25, 0.3) is 0 Å². The fraction of sp³-hybridized carbons (Fsp3) is 0.133.